The Kier molecular flexibility index (Phi) is 7.52. The van der Waals surface area contributed by atoms with Gasteiger partial charge in [0.25, 0.3) is 9.05 Å². The predicted molar refractivity (Wildman–Crippen MR) is 133 cm³/mol. The van der Waals surface area contributed by atoms with Crippen LogP contribution in [0.3, 0.4) is 0 Å². The summed E-state index contributed by atoms with van der Waals surface area (Å²) in [6, 6.07) is 19.8. The average Bonchev–Trinajstić information content (AvgIpc) is 3.06. The molecule has 9 heteroatoms. The van der Waals surface area contributed by atoms with Gasteiger partial charge in [0.2, 0.25) is 0 Å². The number of benzene rings is 3. The van der Waals surface area contributed by atoms with Gasteiger partial charge in [-0.1, -0.05) is 42.5 Å². The lowest BCUT2D eigenvalue weighted by Crippen LogP contribution is -2.36. The van der Waals surface area contributed by atoms with Crippen LogP contribution in [0.25, 0.3) is 0 Å². The summed E-state index contributed by atoms with van der Waals surface area (Å²) in [7, 11) is 4.65. The largest absolute Gasteiger partial charge is 0.497 e. The van der Waals surface area contributed by atoms with E-state index < -0.39 is 15.1 Å². The number of ether oxygens (including phenoxy) is 3. The van der Waals surface area contributed by atoms with E-state index in [1.165, 1.54) is 7.11 Å². The molecule has 1 aliphatic rings. The van der Waals surface area contributed by atoms with Gasteiger partial charge < -0.3 is 19.1 Å². The fourth-order valence-electron chi connectivity index (χ4n) is 4.28. The van der Waals surface area contributed by atoms with E-state index in [-0.39, 0.29) is 23.3 Å². The van der Waals surface area contributed by atoms with Crippen molar-refractivity contribution in [2.75, 3.05) is 20.8 Å². The molecule has 3 aromatic carbocycles. The van der Waals surface area contributed by atoms with Crippen LogP contribution in [-0.2, 0) is 33.2 Å². The van der Waals surface area contributed by atoms with Crippen molar-refractivity contribution in [3.63, 3.8) is 0 Å². The first kappa shape index (κ1) is 24.9. The van der Waals surface area contributed by atoms with E-state index in [0.29, 0.717) is 25.1 Å². The summed E-state index contributed by atoms with van der Waals surface area (Å²) >= 11 is 0. The van der Waals surface area contributed by atoms with Crippen LogP contribution in [-0.4, -0.2) is 40.2 Å². The molecule has 1 atom stereocenters. The molecule has 0 aliphatic carbocycles. The Labute approximate surface area is 209 Å². The van der Waals surface area contributed by atoms with Crippen molar-refractivity contribution in [1.29, 1.82) is 0 Å². The van der Waals surface area contributed by atoms with E-state index in [2.05, 4.69) is 0 Å². The number of nitrogens with zero attached hydrogens (tertiary/aromatic N) is 1. The molecule has 0 N–H and O–H groups in total. The Morgan fingerprint density at radius 1 is 1.00 bits per heavy atom. The SMILES string of the molecule is COc1ccc(C2Cc3cc(S(=O)(=O)Cl)c(OC)cc3CCN2C(=O)OCc2ccccc2)cc1. The van der Waals surface area contributed by atoms with Crippen LogP contribution >= 0.6 is 10.7 Å². The van der Waals surface area contributed by atoms with Gasteiger partial charge in [-0.25, -0.2) is 13.2 Å². The van der Waals surface area contributed by atoms with E-state index in [1.807, 2.05) is 54.6 Å². The fourth-order valence-corrected chi connectivity index (χ4v) is 5.30. The molecule has 0 radical (unpaired) electrons. The van der Waals surface area contributed by atoms with Gasteiger partial charge in [-0.2, -0.15) is 0 Å². The summed E-state index contributed by atoms with van der Waals surface area (Å²) in [6.45, 7) is 0.536. The highest BCUT2D eigenvalue weighted by Crippen LogP contribution is 2.37. The molecule has 0 fully saturated rings. The first-order valence-corrected chi connectivity index (χ1v) is 13.4. The van der Waals surface area contributed by atoms with Crippen molar-refractivity contribution < 1.29 is 27.4 Å². The zero-order valence-electron chi connectivity index (χ0n) is 19.4. The van der Waals surface area contributed by atoms with Crippen LogP contribution in [0.15, 0.2) is 71.6 Å². The third-order valence-corrected chi connectivity index (χ3v) is 7.44. The Morgan fingerprint density at radius 2 is 1.71 bits per heavy atom. The summed E-state index contributed by atoms with van der Waals surface area (Å²) < 4.78 is 40.6. The summed E-state index contributed by atoms with van der Waals surface area (Å²) in [5.41, 5.74) is 3.44. The number of hydrogen-bond donors (Lipinski definition) is 0. The summed E-state index contributed by atoms with van der Waals surface area (Å²) in [5, 5.41) is 0. The molecule has 0 saturated heterocycles. The lowest BCUT2D eigenvalue weighted by molar-refractivity contribution is 0.0816. The van der Waals surface area contributed by atoms with E-state index in [0.717, 1.165) is 22.3 Å². The van der Waals surface area contributed by atoms with Crippen LogP contribution in [0.1, 0.15) is 28.3 Å². The van der Waals surface area contributed by atoms with Gasteiger partial charge in [0, 0.05) is 17.2 Å². The molecule has 0 aromatic heterocycles. The Balaban J connectivity index is 1.70. The number of fused-ring (bicyclic) bond motifs is 1. The average molecular weight is 516 g/mol. The van der Waals surface area contributed by atoms with Gasteiger partial charge >= 0.3 is 6.09 Å². The van der Waals surface area contributed by atoms with Crippen molar-refractivity contribution >= 4 is 25.8 Å². The van der Waals surface area contributed by atoms with Crippen LogP contribution in [0, 0.1) is 0 Å². The molecule has 35 heavy (non-hydrogen) atoms. The third kappa shape index (κ3) is 5.71. The Bertz CT molecular complexity index is 1300. The standard InChI is InChI=1S/C26H26ClNO6S/c1-32-22-10-8-19(9-11-22)23-14-21-16-25(35(27,30)31)24(33-2)15-20(21)12-13-28(23)26(29)34-17-18-6-4-3-5-7-18/h3-11,15-16,23H,12-14,17H2,1-2H3. The lowest BCUT2D eigenvalue weighted by Gasteiger charge is -2.30. The molecule has 4 rings (SSSR count). The van der Waals surface area contributed by atoms with Crippen molar-refractivity contribution in [3.8, 4) is 11.5 Å². The topological polar surface area (TPSA) is 82.1 Å². The summed E-state index contributed by atoms with van der Waals surface area (Å²) in [5.74, 6) is 0.876. The maximum Gasteiger partial charge on any atom is 0.410 e. The first-order chi connectivity index (χ1) is 16.8. The summed E-state index contributed by atoms with van der Waals surface area (Å²) in [4.78, 5) is 14.9. The molecule has 1 unspecified atom stereocenters. The quantitative estimate of drug-likeness (QED) is 0.424. The number of methoxy groups -OCH3 is 2. The van der Waals surface area contributed by atoms with Gasteiger partial charge in [-0.15, -0.1) is 0 Å². The van der Waals surface area contributed by atoms with Gasteiger partial charge in [0.05, 0.1) is 20.3 Å². The second kappa shape index (κ2) is 10.6. The highest BCUT2D eigenvalue weighted by atomic mass is 35.7. The van der Waals surface area contributed by atoms with Crippen LogP contribution < -0.4 is 9.47 Å². The van der Waals surface area contributed by atoms with E-state index in [1.54, 1.807) is 24.1 Å². The van der Waals surface area contributed by atoms with Gasteiger partial charge in [-0.3, -0.25) is 0 Å². The summed E-state index contributed by atoms with van der Waals surface area (Å²) in [6.07, 6.45) is 0.437. The minimum Gasteiger partial charge on any atom is -0.497 e. The molecule has 184 valence electrons. The lowest BCUT2D eigenvalue weighted by atomic mass is 9.96. The minimum atomic E-state index is -4.03. The van der Waals surface area contributed by atoms with E-state index in [4.69, 9.17) is 24.9 Å². The molecule has 0 saturated carbocycles. The molecule has 1 heterocycles. The second-order valence-corrected chi connectivity index (χ2v) is 10.7. The molecule has 0 spiro atoms. The number of carbonyl (C=O) groups excluding carboxylic acids is 1. The number of amides is 1. The fraction of sp³-hybridized carbons (Fsp3) is 0.269. The zero-order valence-corrected chi connectivity index (χ0v) is 21.0. The highest BCUT2D eigenvalue weighted by molar-refractivity contribution is 8.13. The number of hydrogen-bond acceptors (Lipinski definition) is 6. The third-order valence-electron chi connectivity index (χ3n) is 6.10. The first-order valence-electron chi connectivity index (χ1n) is 11.1. The van der Waals surface area contributed by atoms with Gasteiger partial charge in [0.15, 0.2) is 0 Å². The molecule has 7 nitrogen and oxygen atoms in total. The number of rotatable bonds is 6. The normalized spacial score (nSPS) is 15.6. The van der Waals surface area contributed by atoms with Crippen LogP contribution in [0.2, 0.25) is 0 Å². The van der Waals surface area contributed by atoms with Crippen molar-refractivity contribution in [2.45, 2.75) is 30.4 Å². The molecule has 3 aromatic rings. The van der Waals surface area contributed by atoms with Gasteiger partial charge in [0.1, 0.15) is 23.0 Å². The van der Waals surface area contributed by atoms with Gasteiger partial charge in [-0.05, 0) is 59.4 Å². The van der Waals surface area contributed by atoms with Crippen LogP contribution in [0.4, 0.5) is 4.79 Å². The Morgan fingerprint density at radius 3 is 2.34 bits per heavy atom. The van der Waals surface area contributed by atoms with Crippen molar-refractivity contribution in [2.24, 2.45) is 0 Å². The maximum absolute atomic E-state index is 13.3. The zero-order chi connectivity index (χ0) is 25.0. The number of carbonyl (C=O) groups is 1. The molecule has 1 amide bonds. The molecule has 0 bridgehead atoms. The maximum atomic E-state index is 13.3. The van der Waals surface area contributed by atoms with Crippen molar-refractivity contribution in [1.82, 2.24) is 4.90 Å². The molecular formula is C26H26ClNO6S. The second-order valence-electron chi connectivity index (χ2n) is 8.19. The van der Waals surface area contributed by atoms with E-state index in [9.17, 15) is 13.2 Å². The molecule has 1 aliphatic heterocycles. The predicted octanol–water partition coefficient (Wildman–Crippen LogP) is 5.11. The molecular weight excluding hydrogens is 490 g/mol. The Hall–Kier alpha value is -3.23. The number of halogens is 1. The smallest absolute Gasteiger partial charge is 0.410 e. The van der Waals surface area contributed by atoms with Crippen LogP contribution in [0.5, 0.6) is 11.5 Å². The highest BCUT2D eigenvalue weighted by Gasteiger charge is 2.32. The van der Waals surface area contributed by atoms with Crippen molar-refractivity contribution in [3.05, 3.63) is 89.0 Å². The monoisotopic (exact) mass is 515 g/mol. The van der Waals surface area contributed by atoms with E-state index >= 15 is 0 Å². The minimum absolute atomic E-state index is 0.0889.